The van der Waals surface area contributed by atoms with Crippen LogP contribution in [0.15, 0.2) is 24.3 Å². The van der Waals surface area contributed by atoms with Crippen LogP contribution in [-0.4, -0.2) is 61.0 Å². The molecule has 4 nitrogen and oxygen atoms in total. The summed E-state index contributed by atoms with van der Waals surface area (Å²) in [6, 6.07) is 6.84. The molecule has 132 valence electrons. The van der Waals surface area contributed by atoms with Gasteiger partial charge in [-0.3, -0.25) is 4.79 Å². The number of carbonyl (C=O) groups is 1. The number of amides is 1. The van der Waals surface area contributed by atoms with Crippen molar-refractivity contribution in [1.29, 1.82) is 0 Å². The van der Waals surface area contributed by atoms with Crippen molar-refractivity contribution < 1.29 is 9.18 Å². The van der Waals surface area contributed by atoms with Crippen LogP contribution in [0.25, 0.3) is 0 Å². The summed E-state index contributed by atoms with van der Waals surface area (Å²) in [6.07, 6.45) is 4.80. The number of likely N-dealkylation sites (tertiary alicyclic amines) is 1. The SMILES string of the molecule is O=C(Cc1ccccc1F)N(CCN1CCCC1)C1CCCNC1. The highest BCUT2D eigenvalue weighted by Gasteiger charge is 2.26. The van der Waals surface area contributed by atoms with E-state index in [0.717, 1.165) is 52.1 Å². The van der Waals surface area contributed by atoms with Gasteiger partial charge in [0.15, 0.2) is 0 Å². The maximum absolute atomic E-state index is 13.9. The lowest BCUT2D eigenvalue weighted by atomic mass is 10.0. The lowest BCUT2D eigenvalue weighted by Crippen LogP contribution is -2.51. The number of hydrogen-bond donors (Lipinski definition) is 1. The zero-order valence-electron chi connectivity index (χ0n) is 14.3. The molecule has 1 atom stereocenters. The fourth-order valence-corrected chi connectivity index (χ4v) is 3.77. The molecule has 1 aromatic carbocycles. The van der Waals surface area contributed by atoms with Gasteiger partial charge in [-0.25, -0.2) is 4.39 Å². The number of nitrogens with one attached hydrogen (secondary N) is 1. The van der Waals surface area contributed by atoms with E-state index in [0.29, 0.717) is 5.56 Å². The molecular formula is C19H28FN3O. The monoisotopic (exact) mass is 333 g/mol. The van der Waals surface area contributed by atoms with Gasteiger partial charge < -0.3 is 15.1 Å². The van der Waals surface area contributed by atoms with Gasteiger partial charge in [-0.15, -0.1) is 0 Å². The Balaban J connectivity index is 1.65. The van der Waals surface area contributed by atoms with Gasteiger partial charge in [0.05, 0.1) is 6.42 Å². The quantitative estimate of drug-likeness (QED) is 0.865. The second kappa shape index (κ2) is 8.58. The van der Waals surface area contributed by atoms with Crippen molar-refractivity contribution in [2.45, 2.75) is 38.1 Å². The van der Waals surface area contributed by atoms with Gasteiger partial charge in [0.2, 0.25) is 5.91 Å². The predicted octanol–water partition coefficient (Wildman–Crippen LogP) is 2.04. The highest BCUT2D eigenvalue weighted by molar-refractivity contribution is 5.79. The topological polar surface area (TPSA) is 35.6 Å². The summed E-state index contributed by atoms with van der Waals surface area (Å²) in [4.78, 5) is 17.3. The highest BCUT2D eigenvalue weighted by atomic mass is 19.1. The summed E-state index contributed by atoms with van der Waals surface area (Å²) in [6.45, 7) is 5.83. The van der Waals surface area contributed by atoms with E-state index in [9.17, 15) is 9.18 Å². The summed E-state index contributed by atoms with van der Waals surface area (Å²) in [7, 11) is 0. The van der Waals surface area contributed by atoms with E-state index in [1.165, 1.54) is 18.9 Å². The standard InChI is InChI=1S/C19H28FN3O/c20-18-8-2-1-6-16(18)14-19(24)23(17-7-5-9-21-15-17)13-12-22-10-3-4-11-22/h1-2,6,8,17,21H,3-5,7,9-15H2. The molecule has 5 heteroatoms. The average Bonchev–Trinajstić information content (AvgIpc) is 3.12. The Labute approximate surface area is 144 Å². The second-order valence-corrected chi connectivity index (χ2v) is 6.90. The Bertz CT molecular complexity index is 539. The van der Waals surface area contributed by atoms with Crippen LogP contribution in [0.4, 0.5) is 4.39 Å². The number of halogens is 1. The Morgan fingerprint density at radius 1 is 1.25 bits per heavy atom. The molecule has 2 aliphatic heterocycles. The van der Waals surface area contributed by atoms with Gasteiger partial charge in [0.1, 0.15) is 5.82 Å². The van der Waals surface area contributed by atoms with Crippen molar-refractivity contribution in [3.05, 3.63) is 35.6 Å². The Morgan fingerprint density at radius 2 is 2.04 bits per heavy atom. The number of rotatable bonds is 6. The molecule has 1 aromatic rings. The van der Waals surface area contributed by atoms with Crippen molar-refractivity contribution in [1.82, 2.24) is 15.1 Å². The normalized spacial score (nSPS) is 21.8. The fourth-order valence-electron chi connectivity index (χ4n) is 3.77. The minimum atomic E-state index is -0.285. The molecule has 0 aliphatic carbocycles. The average molecular weight is 333 g/mol. The van der Waals surface area contributed by atoms with Crippen molar-refractivity contribution in [2.24, 2.45) is 0 Å². The van der Waals surface area contributed by atoms with E-state index >= 15 is 0 Å². The molecular weight excluding hydrogens is 305 g/mol. The van der Waals surface area contributed by atoms with E-state index in [2.05, 4.69) is 10.2 Å². The highest BCUT2D eigenvalue weighted by Crippen LogP contribution is 2.16. The molecule has 0 saturated carbocycles. The molecule has 2 saturated heterocycles. The summed E-state index contributed by atoms with van der Waals surface area (Å²) in [5, 5.41) is 3.39. The molecule has 3 rings (SSSR count). The number of piperidine rings is 1. The van der Waals surface area contributed by atoms with E-state index in [1.54, 1.807) is 18.2 Å². The number of carbonyl (C=O) groups excluding carboxylic acids is 1. The molecule has 0 spiro atoms. The molecule has 1 unspecified atom stereocenters. The first-order valence-corrected chi connectivity index (χ1v) is 9.20. The van der Waals surface area contributed by atoms with Crippen LogP contribution in [0.2, 0.25) is 0 Å². The lowest BCUT2D eigenvalue weighted by molar-refractivity contribution is -0.133. The van der Waals surface area contributed by atoms with Crippen molar-refractivity contribution in [3.63, 3.8) is 0 Å². The number of hydrogen-bond acceptors (Lipinski definition) is 3. The van der Waals surface area contributed by atoms with Gasteiger partial charge >= 0.3 is 0 Å². The van der Waals surface area contributed by atoms with Gasteiger partial charge in [-0.05, 0) is 56.9 Å². The van der Waals surface area contributed by atoms with Gasteiger partial charge in [-0.1, -0.05) is 18.2 Å². The summed E-state index contributed by atoms with van der Waals surface area (Å²) in [5.74, 6) is -0.236. The van der Waals surface area contributed by atoms with Crippen molar-refractivity contribution >= 4 is 5.91 Å². The van der Waals surface area contributed by atoms with Gasteiger partial charge in [0.25, 0.3) is 0 Å². The first kappa shape index (κ1) is 17.4. The zero-order chi connectivity index (χ0) is 16.8. The Kier molecular flexibility index (Phi) is 6.21. The van der Waals surface area contributed by atoms with Crippen LogP contribution in [0.5, 0.6) is 0 Å². The summed E-state index contributed by atoms with van der Waals surface area (Å²) in [5.41, 5.74) is 0.498. The molecule has 1 N–H and O–H groups in total. The summed E-state index contributed by atoms with van der Waals surface area (Å²) < 4.78 is 13.9. The Hall–Kier alpha value is -1.46. The van der Waals surface area contributed by atoms with E-state index in [1.807, 2.05) is 4.90 Å². The minimum Gasteiger partial charge on any atom is -0.337 e. The zero-order valence-corrected chi connectivity index (χ0v) is 14.3. The number of nitrogens with zero attached hydrogens (tertiary/aromatic N) is 2. The van der Waals surface area contributed by atoms with E-state index in [4.69, 9.17) is 0 Å². The maximum atomic E-state index is 13.9. The van der Waals surface area contributed by atoms with Gasteiger partial charge in [0, 0.05) is 25.7 Å². The third-order valence-electron chi connectivity index (χ3n) is 5.19. The van der Waals surface area contributed by atoms with Crippen LogP contribution in [0.1, 0.15) is 31.2 Å². The van der Waals surface area contributed by atoms with Gasteiger partial charge in [-0.2, -0.15) is 0 Å². The third kappa shape index (κ3) is 4.54. The molecule has 2 aliphatic rings. The van der Waals surface area contributed by atoms with Crippen LogP contribution < -0.4 is 5.32 Å². The van der Waals surface area contributed by atoms with Crippen LogP contribution in [0.3, 0.4) is 0 Å². The molecule has 24 heavy (non-hydrogen) atoms. The fraction of sp³-hybridized carbons (Fsp3) is 0.632. The molecule has 0 aromatic heterocycles. The smallest absolute Gasteiger partial charge is 0.227 e. The molecule has 2 heterocycles. The third-order valence-corrected chi connectivity index (χ3v) is 5.19. The number of benzene rings is 1. The second-order valence-electron chi connectivity index (χ2n) is 6.90. The van der Waals surface area contributed by atoms with Crippen LogP contribution >= 0.6 is 0 Å². The predicted molar refractivity (Wildman–Crippen MR) is 93.4 cm³/mol. The molecule has 2 fully saturated rings. The van der Waals surface area contributed by atoms with E-state index < -0.39 is 0 Å². The maximum Gasteiger partial charge on any atom is 0.227 e. The largest absolute Gasteiger partial charge is 0.337 e. The van der Waals surface area contributed by atoms with Crippen molar-refractivity contribution in [3.8, 4) is 0 Å². The first-order valence-electron chi connectivity index (χ1n) is 9.20. The molecule has 0 bridgehead atoms. The molecule has 0 radical (unpaired) electrons. The van der Waals surface area contributed by atoms with E-state index in [-0.39, 0.29) is 24.2 Å². The Morgan fingerprint density at radius 3 is 2.75 bits per heavy atom. The molecule has 1 amide bonds. The van der Waals surface area contributed by atoms with Crippen molar-refractivity contribution in [2.75, 3.05) is 39.3 Å². The minimum absolute atomic E-state index is 0.0491. The first-order chi connectivity index (χ1) is 11.7. The lowest BCUT2D eigenvalue weighted by Gasteiger charge is -2.36. The van der Waals surface area contributed by atoms with Crippen LogP contribution in [-0.2, 0) is 11.2 Å². The summed E-state index contributed by atoms with van der Waals surface area (Å²) >= 11 is 0. The van der Waals surface area contributed by atoms with Crippen LogP contribution in [0, 0.1) is 5.82 Å².